The second kappa shape index (κ2) is 10.2. The Bertz CT molecular complexity index is 1260. The standard InChI is InChI=1S/C25H22F2N4O4/c1-2-23(32)31-13-11-30(12-14-31)22-10-8-19(24(28)33)25(29-22)35-18-6-4-17(5-7-18)34-21-9-3-16(26)15-20(21)27/h2-10,15H,1,11-14H2,(H2,28,33). The highest BCUT2D eigenvalue weighted by Crippen LogP contribution is 2.30. The van der Waals surface area contributed by atoms with Gasteiger partial charge in [-0.25, -0.2) is 8.78 Å². The molecule has 1 aromatic heterocycles. The average molecular weight is 480 g/mol. The SMILES string of the molecule is C=CC(=O)N1CCN(c2ccc(C(N)=O)c(Oc3ccc(Oc4ccc(F)cc4F)cc3)n2)CC1. The molecule has 2 aromatic carbocycles. The minimum absolute atomic E-state index is 0.0258. The van der Waals surface area contributed by atoms with Gasteiger partial charge in [0.05, 0.1) is 0 Å². The molecule has 0 unspecified atom stereocenters. The van der Waals surface area contributed by atoms with Crippen LogP contribution in [0, 0.1) is 11.6 Å². The monoisotopic (exact) mass is 480 g/mol. The van der Waals surface area contributed by atoms with E-state index in [-0.39, 0.29) is 23.1 Å². The Morgan fingerprint density at radius 1 is 0.943 bits per heavy atom. The summed E-state index contributed by atoms with van der Waals surface area (Å²) in [5.41, 5.74) is 5.59. The molecule has 2 N–H and O–H groups in total. The van der Waals surface area contributed by atoms with Crippen LogP contribution in [0.4, 0.5) is 14.6 Å². The summed E-state index contributed by atoms with van der Waals surface area (Å²) < 4.78 is 38.2. The Balaban J connectivity index is 1.49. The maximum atomic E-state index is 13.8. The second-order valence-electron chi connectivity index (χ2n) is 7.65. The van der Waals surface area contributed by atoms with E-state index < -0.39 is 17.5 Å². The molecule has 0 bridgehead atoms. The van der Waals surface area contributed by atoms with Crippen LogP contribution >= 0.6 is 0 Å². The van der Waals surface area contributed by atoms with Gasteiger partial charge in [0.1, 0.15) is 28.7 Å². The summed E-state index contributed by atoms with van der Waals surface area (Å²) in [7, 11) is 0. The van der Waals surface area contributed by atoms with Crippen LogP contribution in [-0.2, 0) is 4.79 Å². The molecule has 0 spiro atoms. The molecule has 8 nitrogen and oxygen atoms in total. The lowest BCUT2D eigenvalue weighted by Crippen LogP contribution is -2.48. The number of aromatic nitrogens is 1. The number of amides is 2. The minimum atomic E-state index is -0.827. The summed E-state index contributed by atoms with van der Waals surface area (Å²) in [5, 5.41) is 0. The number of carbonyl (C=O) groups is 2. The number of ether oxygens (including phenoxy) is 2. The quantitative estimate of drug-likeness (QED) is 0.516. The molecular formula is C25H22F2N4O4. The number of pyridine rings is 1. The van der Waals surface area contributed by atoms with Crippen LogP contribution in [0.15, 0.2) is 67.3 Å². The molecule has 1 aliphatic heterocycles. The number of hydrogen-bond donors (Lipinski definition) is 1. The van der Waals surface area contributed by atoms with Crippen LogP contribution in [0.5, 0.6) is 23.1 Å². The molecular weight excluding hydrogens is 458 g/mol. The fourth-order valence-electron chi connectivity index (χ4n) is 3.53. The third-order valence-electron chi connectivity index (χ3n) is 5.36. The van der Waals surface area contributed by atoms with E-state index in [2.05, 4.69) is 11.6 Å². The second-order valence-corrected chi connectivity index (χ2v) is 7.65. The van der Waals surface area contributed by atoms with Gasteiger partial charge in [0.25, 0.3) is 5.91 Å². The van der Waals surface area contributed by atoms with E-state index >= 15 is 0 Å². The molecule has 0 radical (unpaired) electrons. The van der Waals surface area contributed by atoms with Crippen molar-refractivity contribution in [3.05, 3.63) is 84.5 Å². The van der Waals surface area contributed by atoms with E-state index in [4.69, 9.17) is 15.2 Å². The minimum Gasteiger partial charge on any atom is -0.454 e. The highest BCUT2D eigenvalue weighted by molar-refractivity contribution is 5.95. The molecule has 4 rings (SSSR count). The molecule has 1 fully saturated rings. The van der Waals surface area contributed by atoms with Crippen molar-refractivity contribution in [3.8, 4) is 23.1 Å². The highest BCUT2D eigenvalue weighted by atomic mass is 19.1. The van der Waals surface area contributed by atoms with Gasteiger partial charge in [0.15, 0.2) is 11.6 Å². The highest BCUT2D eigenvalue weighted by Gasteiger charge is 2.22. The van der Waals surface area contributed by atoms with E-state index in [1.165, 1.54) is 30.3 Å². The van der Waals surface area contributed by atoms with E-state index in [1.807, 2.05) is 4.90 Å². The molecule has 0 saturated carbocycles. The van der Waals surface area contributed by atoms with Crippen LogP contribution in [0.1, 0.15) is 10.4 Å². The number of nitrogens with zero attached hydrogens (tertiary/aromatic N) is 3. The molecule has 0 atom stereocenters. The first-order valence-electron chi connectivity index (χ1n) is 10.7. The molecule has 35 heavy (non-hydrogen) atoms. The summed E-state index contributed by atoms with van der Waals surface area (Å²) in [6, 6.07) is 12.4. The molecule has 1 saturated heterocycles. The van der Waals surface area contributed by atoms with E-state index in [9.17, 15) is 18.4 Å². The van der Waals surface area contributed by atoms with Crippen molar-refractivity contribution in [3.63, 3.8) is 0 Å². The van der Waals surface area contributed by atoms with Crippen molar-refractivity contribution in [1.29, 1.82) is 0 Å². The third-order valence-corrected chi connectivity index (χ3v) is 5.36. The number of piperazine rings is 1. The van der Waals surface area contributed by atoms with Crippen LogP contribution in [0.2, 0.25) is 0 Å². The van der Waals surface area contributed by atoms with E-state index in [0.29, 0.717) is 43.5 Å². The van der Waals surface area contributed by atoms with Crippen molar-refractivity contribution < 1.29 is 27.8 Å². The van der Waals surface area contributed by atoms with E-state index in [0.717, 1.165) is 12.1 Å². The van der Waals surface area contributed by atoms with Crippen LogP contribution < -0.4 is 20.1 Å². The predicted octanol–water partition coefficient (Wildman–Crippen LogP) is 3.88. The van der Waals surface area contributed by atoms with Gasteiger partial charge in [-0.3, -0.25) is 9.59 Å². The zero-order valence-electron chi connectivity index (χ0n) is 18.6. The molecule has 2 heterocycles. The first-order valence-corrected chi connectivity index (χ1v) is 10.7. The number of anilines is 1. The first kappa shape index (κ1) is 23.7. The van der Waals surface area contributed by atoms with Gasteiger partial charge in [-0.15, -0.1) is 0 Å². The van der Waals surface area contributed by atoms with Gasteiger partial charge in [0, 0.05) is 32.2 Å². The number of nitrogens with two attached hydrogens (primary N) is 1. The normalized spacial score (nSPS) is 13.3. The van der Waals surface area contributed by atoms with Crippen molar-refractivity contribution >= 4 is 17.6 Å². The zero-order valence-corrected chi connectivity index (χ0v) is 18.6. The number of hydrogen-bond acceptors (Lipinski definition) is 6. The summed E-state index contributed by atoms with van der Waals surface area (Å²) in [5.74, 6) is -1.25. The van der Waals surface area contributed by atoms with Gasteiger partial charge in [-0.05, 0) is 54.6 Å². The lowest BCUT2D eigenvalue weighted by molar-refractivity contribution is -0.126. The fraction of sp³-hybridized carbons (Fsp3) is 0.160. The van der Waals surface area contributed by atoms with Crippen molar-refractivity contribution in [2.24, 2.45) is 5.73 Å². The number of carbonyl (C=O) groups excluding carboxylic acids is 2. The molecule has 1 aliphatic rings. The van der Waals surface area contributed by atoms with Gasteiger partial charge >= 0.3 is 0 Å². The maximum absolute atomic E-state index is 13.8. The Labute approximate surface area is 200 Å². The summed E-state index contributed by atoms with van der Waals surface area (Å²) in [6.45, 7) is 5.63. The maximum Gasteiger partial charge on any atom is 0.254 e. The third kappa shape index (κ3) is 5.55. The van der Waals surface area contributed by atoms with Gasteiger partial charge < -0.3 is 25.0 Å². The van der Waals surface area contributed by atoms with Crippen molar-refractivity contribution in [2.75, 3.05) is 31.1 Å². The number of rotatable bonds is 7. The predicted molar refractivity (Wildman–Crippen MR) is 125 cm³/mol. The molecule has 10 heteroatoms. The number of halogens is 2. The number of primary amides is 1. The molecule has 180 valence electrons. The Morgan fingerprint density at radius 2 is 1.60 bits per heavy atom. The number of benzene rings is 2. The lowest BCUT2D eigenvalue weighted by atomic mass is 10.2. The topological polar surface area (TPSA) is 98.0 Å². The molecule has 3 aromatic rings. The smallest absolute Gasteiger partial charge is 0.254 e. The van der Waals surface area contributed by atoms with Crippen LogP contribution in [-0.4, -0.2) is 47.9 Å². The van der Waals surface area contributed by atoms with Crippen LogP contribution in [0.3, 0.4) is 0 Å². The first-order chi connectivity index (χ1) is 16.8. The Kier molecular flexibility index (Phi) is 6.91. The van der Waals surface area contributed by atoms with Gasteiger partial charge in [0.2, 0.25) is 11.8 Å². The summed E-state index contributed by atoms with van der Waals surface area (Å²) in [6.07, 6.45) is 1.29. The fourth-order valence-corrected chi connectivity index (χ4v) is 3.53. The zero-order chi connectivity index (χ0) is 24.9. The molecule has 0 aliphatic carbocycles. The van der Waals surface area contributed by atoms with Crippen LogP contribution in [0.25, 0.3) is 0 Å². The summed E-state index contributed by atoms with van der Waals surface area (Å²) >= 11 is 0. The largest absolute Gasteiger partial charge is 0.454 e. The van der Waals surface area contributed by atoms with Gasteiger partial charge in [-0.2, -0.15) is 4.98 Å². The van der Waals surface area contributed by atoms with Gasteiger partial charge in [-0.1, -0.05) is 6.58 Å². The Morgan fingerprint density at radius 3 is 2.20 bits per heavy atom. The van der Waals surface area contributed by atoms with E-state index in [1.54, 1.807) is 23.1 Å². The lowest BCUT2D eigenvalue weighted by Gasteiger charge is -2.35. The van der Waals surface area contributed by atoms with Crippen molar-refractivity contribution in [1.82, 2.24) is 9.88 Å². The molecule has 2 amide bonds. The van der Waals surface area contributed by atoms with Crippen molar-refractivity contribution in [2.45, 2.75) is 0 Å². The Hall–Kier alpha value is -4.47. The summed E-state index contributed by atoms with van der Waals surface area (Å²) in [4.78, 5) is 31.9. The average Bonchev–Trinajstić information content (AvgIpc) is 2.86.